The molecule has 0 bridgehead atoms. The quantitative estimate of drug-likeness (QED) is 0.727. The molecule has 1 rings (SSSR count). The molecule has 2 nitrogen and oxygen atoms in total. The van der Waals surface area contributed by atoms with Crippen molar-refractivity contribution in [1.29, 1.82) is 0 Å². The Hall–Kier alpha value is -0.0900. The zero-order valence-corrected chi connectivity index (χ0v) is 11.0. The normalized spacial score (nSPS) is 11.5. The van der Waals surface area contributed by atoms with Gasteiger partial charge >= 0.3 is 0 Å². The van der Waals surface area contributed by atoms with E-state index in [9.17, 15) is 0 Å². The first-order chi connectivity index (χ1) is 5.87. The van der Waals surface area contributed by atoms with Crippen LogP contribution in [0.15, 0.2) is 27.4 Å². The number of rotatable bonds is 1. The summed E-state index contributed by atoms with van der Waals surface area (Å²) in [5.41, 5.74) is -0.190. The van der Waals surface area contributed by atoms with Crippen LogP contribution in [0.4, 0.5) is 0 Å². The molecule has 0 atom stereocenters. The van der Waals surface area contributed by atoms with Gasteiger partial charge in [0.15, 0.2) is 5.60 Å². The van der Waals surface area contributed by atoms with Gasteiger partial charge < -0.3 is 0 Å². The Balaban J connectivity index is 2.90. The molecule has 0 N–H and O–H groups in total. The summed E-state index contributed by atoms with van der Waals surface area (Å²) < 4.78 is 3.64. The molecule has 1 aromatic rings. The highest BCUT2D eigenvalue weighted by atomic mass is 79.9. The van der Waals surface area contributed by atoms with E-state index in [2.05, 4.69) is 31.9 Å². The minimum absolute atomic E-state index is 0.190. The molecule has 0 unspecified atom stereocenters. The maximum atomic E-state index is 5.62. The summed E-state index contributed by atoms with van der Waals surface area (Å²) in [7, 11) is 0. The predicted molar refractivity (Wildman–Crippen MR) is 58.4 cm³/mol. The van der Waals surface area contributed by atoms with E-state index in [-0.39, 0.29) is 5.60 Å². The van der Waals surface area contributed by atoms with Gasteiger partial charge in [0.1, 0.15) is 0 Å². The summed E-state index contributed by atoms with van der Waals surface area (Å²) in [6.07, 6.45) is 3.74. The van der Waals surface area contributed by atoms with Gasteiger partial charge in [-0.15, -0.1) is 0 Å². The summed E-state index contributed by atoms with van der Waals surface area (Å²) >= 11 is 6.78. The van der Waals surface area contributed by atoms with Crippen molar-refractivity contribution < 1.29 is 9.57 Å². The van der Waals surface area contributed by atoms with E-state index in [4.69, 9.17) is 4.84 Å². The van der Waals surface area contributed by atoms with Crippen molar-refractivity contribution in [3.63, 3.8) is 0 Å². The first kappa shape index (κ1) is 11.0. The van der Waals surface area contributed by atoms with Crippen molar-refractivity contribution in [2.24, 2.45) is 0 Å². The average molecular weight is 310 g/mol. The van der Waals surface area contributed by atoms with Crippen LogP contribution in [0.5, 0.6) is 0 Å². The third-order valence-corrected chi connectivity index (χ3v) is 2.02. The van der Waals surface area contributed by atoms with Crippen LogP contribution in [-0.2, 0) is 0 Å². The second kappa shape index (κ2) is 3.96. The Bertz CT molecular complexity index is 287. The number of pyridine rings is 1. The van der Waals surface area contributed by atoms with Crippen LogP contribution >= 0.6 is 31.9 Å². The van der Waals surface area contributed by atoms with Gasteiger partial charge in [-0.05, 0) is 58.7 Å². The van der Waals surface area contributed by atoms with Gasteiger partial charge in [0.2, 0.25) is 12.4 Å². The number of nitrogens with zero attached hydrogens (tertiary/aromatic N) is 1. The molecule has 1 heterocycles. The van der Waals surface area contributed by atoms with Crippen LogP contribution in [0, 0.1) is 0 Å². The third kappa shape index (κ3) is 4.09. The maximum Gasteiger partial charge on any atom is 0.236 e. The molecule has 0 aliphatic rings. The van der Waals surface area contributed by atoms with Crippen molar-refractivity contribution in [3.8, 4) is 0 Å². The van der Waals surface area contributed by atoms with Gasteiger partial charge in [0, 0.05) is 4.73 Å². The number of halogens is 2. The molecule has 13 heavy (non-hydrogen) atoms. The molecule has 0 spiro atoms. The highest BCUT2D eigenvalue weighted by Crippen LogP contribution is 2.13. The Labute approximate surface area is 95.1 Å². The van der Waals surface area contributed by atoms with E-state index in [0.29, 0.717) is 0 Å². The van der Waals surface area contributed by atoms with Crippen molar-refractivity contribution in [2.75, 3.05) is 0 Å². The summed E-state index contributed by atoms with van der Waals surface area (Å²) in [4.78, 5) is 5.62. The number of aromatic nitrogens is 1. The minimum atomic E-state index is -0.190. The van der Waals surface area contributed by atoms with Gasteiger partial charge in [0.25, 0.3) is 0 Å². The molecule has 0 radical (unpaired) electrons. The maximum absolute atomic E-state index is 5.62. The largest absolute Gasteiger partial charge is 0.266 e. The van der Waals surface area contributed by atoms with Gasteiger partial charge in [-0.1, -0.05) is 0 Å². The van der Waals surface area contributed by atoms with E-state index < -0.39 is 0 Å². The molecule has 1 aromatic heterocycles. The highest BCUT2D eigenvalue weighted by Gasteiger charge is 2.18. The standard InChI is InChI=1S/C9H12Br2NO/c1-9(2,3)13-12-5-7(10)4-8(11)6-12/h4-6H,1-3H3/q+1. The molecule has 0 aliphatic heterocycles. The highest BCUT2D eigenvalue weighted by molar-refractivity contribution is 9.11. The zero-order chi connectivity index (χ0) is 10.1. The molecular weight excluding hydrogens is 298 g/mol. The third-order valence-electron chi connectivity index (χ3n) is 1.16. The molecule has 0 saturated heterocycles. The van der Waals surface area contributed by atoms with Gasteiger partial charge in [-0.2, -0.15) is 0 Å². The summed E-state index contributed by atoms with van der Waals surface area (Å²) in [5.74, 6) is 0. The Morgan fingerprint density at radius 2 is 1.62 bits per heavy atom. The molecule has 4 heteroatoms. The van der Waals surface area contributed by atoms with E-state index in [1.807, 2.05) is 39.2 Å². The molecule has 0 amide bonds. The van der Waals surface area contributed by atoms with Crippen molar-refractivity contribution in [2.45, 2.75) is 26.4 Å². The Morgan fingerprint density at radius 3 is 2.00 bits per heavy atom. The molecule has 0 saturated carbocycles. The van der Waals surface area contributed by atoms with Gasteiger partial charge in [-0.25, -0.2) is 0 Å². The smallest absolute Gasteiger partial charge is 0.236 e. The fourth-order valence-electron chi connectivity index (χ4n) is 0.856. The second-order valence-corrected chi connectivity index (χ2v) is 5.57. The lowest BCUT2D eigenvalue weighted by Crippen LogP contribution is -2.51. The first-order valence-corrected chi connectivity index (χ1v) is 5.52. The monoisotopic (exact) mass is 308 g/mol. The van der Waals surface area contributed by atoms with Crippen LogP contribution in [-0.4, -0.2) is 5.60 Å². The lowest BCUT2D eigenvalue weighted by atomic mass is 10.2. The van der Waals surface area contributed by atoms with Gasteiger partial charge in [-0.3, -0.25) is 4.84 Å². The second-order valence-electron chi connectivity index (χ2n) is 3.74. The fourth-order valence-corrected chi connectivity index (χ4v) is 2.06. The fraction of sp³-hybridized carbons (Fsp3) is 0.444. The van der Waals surface area contributed by atoms with E-state index in [0.717, 1.165) is 8.95 Å². The van der Waals surface area contributed by atoms with Crippen LogP contribution < -0.4 is 9.57 Å². The topological polar surface area (TPSA) is 13.1 Å². The van der Waals surface area contributed by atoms with Crippen molar-refractivity contribution >= 4 is 31.9 Å². The van der Waals surface area contributed by atoms with Crippen molar-refractivity contribution in [1.82, 2.24) is 0 Å². The Kier molecular flexibility index (Phi) is 3.35. The lowest BCUT2D eigenvalue weighted by Gasteiger charge is -2.13. The van der Waals surface area contributed by atoms with Crippen molar-refractivity contribution in [3.05, 3.63) is 27.4 Å². The molecule has 0 fully saturated rings. The van der Waals surface area contributed by atoms with E-state index in [1.165, 1.54) is 0 Å². The molecule has 72 valence electrons. The number of hydrogen-bond acceptors (Lipinski definition) is 1. The predicted octanol–water partition coefficient (Wildman–Crippen LogP) is 2.73. The number of hydrogen-bond donors (Lipinski definition) is 0. The molecule has 0 aliphatic carbocycles. The zero-order valence-electron chi connectivity index (χ0n) is 7.84. The summed E-state index contributed by atoms with van der Waals surface area (Å²) in [6.45, 7) is 6.03. The van der Waals surface area contributed by atoms with Crippen LogP contribution in [0.25, 0.3) is 0 Å². The summed E-state index contributed by atoms with van der Waals surface area (Å²) in [5, 5.41) is 0. The van der Waals surface area contributed by atoms with Crippen LogP contribution in [0.3, 0.4) is 0 Å². The average Bonchev–Trinajstić information content (AvgIpc) is 1.78. The van der Waals surface area contributed by atoms with Gasteiger partial charge in [0.05, 0.1) is 8.95 Å². The Morgan fingerprint density at radius 1 is 1.15 bits per heavy atom. The molecular formula is C9H12Br2NO+. The summed E-state index contributed by atoms with van der Waals surface area (Å²) in [6, 6.07) is 1.96. The first-order valence-electron chi connectivity index (χ1n) is 3.94. The lowest BCUT2D eigenvalue weighted by molar-refractivity contribution is -0.906. The minimum Gasteiger partial charge on any atom is -0.266 e. The molecule has 0 aromatic carbocycles. The van der Waals surface area contributed by atoms with Crippen LogP contribution in [0.1, 0.15) is 20.8 Å². The SMILES string of the molecule is CC(C)(C)O[n+]1cc(Br)cc(Br)c1. The van der Waals surface area contributed by atoms with E-state index in [1.54, 1.807) is 4.73 Å². The van der Waals surface area contributed by atoms with Crippen LogP contribution in [0.2, 0.25) is 0 Å². The van der Waals surface area contributed by atoms with E-state index >= 15 is 0 Å².